The lowest BCUT2D eigenvalue weighted by Gasteiger charge is -2.33. The maximum Gasteiger partial charge on any atom is 0.0695 e. The van der Waals surface area contributed by atoms with Gasteiger partial charge in [-0.3, -0.25) is 5.10 Å². The first kappa shape index (κ1) is 11.5. The molecule has 3 heteroatoms. The van der Waals surface area contributed by atoms with Crippen LogP contribution in [0.1, 0.15) is 25.3 Å². The number of nitrogens with zero attached hydrogens (tertiary/aromatic N) is 1. The minimum absolute atomic E-state index is 0.693. The highest BCUT2D eigenvalue weighted by Crippen LogP contribution is 2.27. The van der Waals surface area contributed by atoms with Gasteiger partial charge in [0.05, 0.1) is 11.9 Å². The number of benzene rings is 1. The Morgan fingerprint density at radius 1 is 1.28 bits per heavy atom. The molecular weight excluding hydrogens is 222 g/mol. The van der Waals surface area contributed by atoms with Gasteiger partial charge in [-0.25, -0.2) is 0 Å². The lowest BCUT2D eigenvalue weighted by molar-refractivity contribution is 0.240. The Morgan fingerprint density at radius 3 is 2.78 bits per heavy atom. The summed E-state index contributed by atoms with van der Waals surface area (Å²) in [7, 11) is 0. The van der Waals surface area contributed by atoms with Crippen molar-refractivity contribution in [2.75, 3.05) is 0 Å². The zero-order chi connectivity index (χ0) is 12.4. The number of aromatic amines is 1. The topological polar surface area (TPSA) is 40.7 Å². The molecule has 94 valence electrons. The molecule has 1 aliphatic rings. The molecule has 0 bridgehead atoms. The highest BCUT2D eigenvalue weighted by atomic mass is 15.1. The van der Waals surface area contributed by atoms with E-state index in [1.165, 1.54) is 24.0 Å². The summed E-state index contributed by atoms with van der Waals surface area (Å²) < 4.78 is 0. The largest absolute Gasteiger partial charge is 0.310 e. The molecule has 1 fully saturated rings. The molecule has 0 spiro atoms. The van der Waals surface area contributed by atoms with Crippen molar-refractivity contribution in [1.82, 2.24) is 15.5 Å². The summed E-state index contributed by atoms with van der Waals surface area (Å²) in [6, 6.07) is 11.1. The molecule has 0 saturated heterocycles. The Hall–Kier alpha value is -1.61. The summed E-state index contributed by atoms with van der Waals surface area (Å²) in [5.74, 6) is 0.889. The average Bonchev–Trinajstić information content (AvgIpc) is 2.82. The van der Waals surface area contributed by atoms with E-state index in [4.69, 9.17) is 0 Å². The first-order valence-electron chi connectivity index (χ1n) is 6.64. The van der Waals surface area contributed by atoms with E-state index < -0.39 is 0 Å². The second-order valence-corrected chi connectivity index (χ2v) is 5.29. The van der Waals surface area contributed by atoms with Crippen molar-refractivity contribution < 1.29 is 0 Å². The summed E-state index contributed by atoms with van der Waals surface area (Å²) in [5, 5.41) is 10.9. The number of nitrogens with one attached hydrogen (secondary N) is 2. The van der Waals surface area contributed by atoms with Gasteiger partial charge < -0.3 is 5.32 Å². The van der Waals surface area contributed by atoms with Crippen LogP contribution >= 0.6 is 0 Å². The van der Waals surface area contributed by atoms with Crippen molar-refractivity contribution in [3.05, 3.63) is 42.1 Å². The number of hydrogen-bond donors (Lipinski definition) is 2. The van der Waals surface area contributed by atoms with Crippen molar-refractivity contribution in [3.8, 4) is 11.3 Å². The van der Waals surface area contributed by atoms with Gasteiger partial charge >= 0.3 is 0 Å². The van der Waals surface area contributed by atoms with Crippen LogP contribution in [0, 0.1) is 5.92 Å². The van der Waals surface area contributed by atoms with Gasteiger partial charge in [-0.1, -0.05) is 37.3 Å². The number of aromatic nitrogens is 2. The van der Waals surface area contributed by atoms with Gasteiger partial charge in [0.25, 0.3) is 0 Å². The summed E-state index contributed by atoms with van der Waals surface area (Å²) >= 11 is 0. The molecule has 0 amide bonds. The molecule has 1 aromatic carbocycles. The first-order chi connectivity index (χ1) is 8.83. The monoisotopic (exact) mass is 241 g/mol. The highest BCUT2D eigenvalue weighted by molar-refractivity contribution is 5.62. The fourth-order valence-corrected chi connectivity index (χ4v) is 2.62. The Balaban J connectivity index is 1.68. The Labute approximate surface area is 108 Å². The summed E-state index contributed by atoms with van der Waals surface area (Å²) in [4.78, 5) is 0. The van der Waals surface area contributed by atoms with E-state index >= 15 is 0 Å². The molecule has 2 N–H and O–H groups in total. The lowest BCUT2D eigenvalue weighted by atomic mass is 9.82. The quantitative estimate of drug-likeness (QED) is 0.864. The molecule has 0 unspecified atom stereocenters. The molecule has 1 heterocycles. The zero-order valence-corrected chi connectivity index (χ0v) is 10.7. The van der Waals surface area contributed by atoms with Crippen LogP contribution in [0.15, 0.2) is 36.5 Å². The maximum atomic E-state index is 4.17. The Bertz CT molecular complexity index is 497. The van der Waals surface area contributed by atoms with Gasteiger partial charge in [-0.15, -0.1) is 0 Å². The fraction of sp³-hybridized carbons (Fsp3) is 0.400. The molecule has 1 aromatic heterocycles. The van der Waals surface area contributed by atoms with E-state index in [0.29, 0.717) is 6.04 Å². The lowest BCUT2D eigenvalue weighted by Crippen LogP contribution is -2.39. The van der Waals surface area contributed by atoms with Crippen LogP contribution in [-0.2, 0) is 6.54 Å². The number of H-pyrrole nitrogens is 1. The van der Waals surface area contributed by atoms with Crippen LogP contribution in [0.5, 0.6) is 0 Å². The van der Waals surface area contributed by atoms with Crippen molar-refractivity contribution in [2.45, 2.75) is 32.4 Å². The third-order valence-corrected chi connectivity index (χ3v) is 3.74. The van der Waals surface area contributed by atoms with Gasteiger partial charge in [0.15, 0.2) is 0 Å². The van der Waals surface area contributed by atoms with Crippen LogP contribution in [0.25, 0.3) is 11.3 Å². The van der Waals surface area contributed by atoms with Gasteiger partial charge in [0.1, 0.15) is 0 Å². The molecule has 1 saturated carbocycles. The smallest absolute Gasteiger partial charge is 0.0695 e. The third kappa shape index (κ3) is 2.31. The zero-order valence-electron chi connectivity index (χ0n) is 10.7. The highest BCUT2D eigenvalue weighted by Gasteiger charge is 2.24. The van der Waals surface area contributed by atoms with E-state index in [9.17, 15) is 0 Å². The second kappa shape index (κ2) is 4.94. The predicted molar refractivity (Wildman–Crippen MR) is 73.0 cm³/mol. The SMILES string of the molecule is CC1CC(NCc2cn[nH]c2-c2ccccc2)C1. The normalized spacial score (nSPS) is 22.7. The summed E-state index contributed by atoms with van der Waals surface area (Å²) in [5.41, 5.74) is 3.59. The van der Waals surface area contributed by atoms with Gasteiger partial charge in [0.2, 0.25) is 0 Å². The maximum absolute atomic E-state index is 4.17. The number of rotatable bonds is 4. The van der Waals surface area contributed by atoms with Gasteiger partial charge in [0, 0.05) is 18.2 Å². The van der Waals surface area contributed by atoms with E-state index in [0.717, 1.165) is 18.2 Å². The minimum atomic E-state index is 0.693. The summed E-state index contributed by atoms with van der Waals surface area (Å²) in [6.07, 6.45) is 4.54. The van der Waals surface area contributed by atoms with Crippen molar-refractivity contribution in [2.24, 2.45) is 5.92 Å². The number of hydrogen-bond acceptors (Lipinski definition) is 2. The van der Waals surface area contributed by atoms with E-state index in [1.54, 1.807) is 0 Å². The molecule has 18 heavy (non-hydrogen) atoms. The molecular formula is C15H19N3. The van der Waals surface area contributed by atoms with Gasteiger partial charge in [-0.05, 0) is 24.3 Å². The molecule has 0 atom stereocenters. The average molecular weight is 241 g/mol. The van der Waals surface area contributed by atoms with Crippen LogP contribution < -0.4 is 5.32 Å². The van der Waals surface area contributed by atoms with Crippen molar-refractivity contribution in [3.63, 3.8) is 0 Å². The Morgan fingerprint density at radius 2 is 2.06 bits per heavy atom. The summed E-state index contributed by atoms with van der Waals surface area (Å²) in [6.45, 7) is 3.21. The fourth-order valence-electron chi connectivity index (χ4n) is 2.62. The molecule has 3 rings (SSSR count). The van der Waals surface area contributed by atoms with Gasteiger partial charge in [-0.2, -0.15) is 5.10 Å². The minimum Gasteiger partial charge on any atom is -0.310 e. The van der Waals surface area contributed by atoms with E-state index in [2.05, 4.69) is 46.7 Å². The standard InChI is InChI=1S/C15H19N3/c1-11-7-14(8-11)16-9-13-10-17-18-15(13)12-5-3-2-4-6-12/h2-6,10-11,14,16H,7-9H2,1H3,(H,17,18). The van der Waals surface area contributed by atoms with Crippen molar-refractivity contribution >= 4 is 0 Å². The molecule has 0 aliphatic heterocycles. The molecule has 0 radical (unpaired) electrons. The van der Waals surface area contributed by atoms with Crippen LogP contribution in [0.4, 0.5) is 0 Å². The molecule has 3 nitrogen and oxygen atoms in total. The predicted octanol–water partition coefficient (Wildman–Crippen LogP) is 2.96. The Kier molecular flexibility index (Phi) is 3.15. The molecule has 2 aromatic rings. The van der Waals surface area contributed by atoms with Crippen molar-refractivity contribution in [1.29, 1.82) is 0 Å². The van der Waals surface area contributed by atoms with E-state index in [-0.39, 0.29) is 0 Å². The first-order valence-corrected chi connectivity index (χ1v) is 6.64. The van der Waals surface area contributed by atoms with Crippen LogP contribution in [0.2, 0.25) is 0 Å². The molecule has 1 aliphatic carbocycles. The van der Waals surface area contributed by atoms with Crippen LogP contribution in [0.3, 0.4) is 0 Å². The second-order valence-electron chi connectivity index (χ2n) is 5.29. The third-order valence-electron chi connectivity index (χ3n) is 3.74. The van der Waals surface area contributed by atoms with Crippen LogP contribution in [-0.4, -0.2) is 16.2 Å². The van der Waals surface area contributed by atoms with E-state index in [1.807, 2.05) is 12.3 Å².